The molecule has 4 nitrogen and oxygen atoms in total. The highest BCUT2D eigenvalue weighted by molar-refractivity contribution is 5.95. The zero-order valence-corrected chi connectivity index (χ0v) is 12.7. The van der Waals surface area contributed by atoms with Crippen LogP contribution in [0.1, 0.15) is 44.6 Å². The van der Waals surface area contributed by atoms with Gasteiger partial charge in [-0.1, -0.05) is 26.2 Å². The van der Waals surface area contributed by atoms with Crippen molar-refractivity contribution in [1.29, 1.82) is 0 Å². The number of hydrogen-bond acceptors (Lipinski definition) is 3. The van der Waals surface area contributed by atoms with Crippen LogP contribution in [0.2, 0.25) is 0 Å². The van der Waals surface area contributed by atoms with Crippen molar-refractivity contribution >= 4 is 23.0 Å². The van der Waals surface area contributed by atoms with Gasteiger partial charge in [-0.25, -0.2) is 0 Å². The van der Waals surface area contributed by atoms with Crippen LogP contribution in [0, 0.1) is 11.8 Å². The second-order valence-electron chi connectivity index (χ2n) is 6.55. The lowest BCUT2D eigenvalue weighted by atomic mass is 9.80. The fraction of sp³-hybridized carbons (Fsp3) is 0.588. The van der Waals surface area contributed by atoms with Gasteiger partial charge in [-0.05, 0) is 42.4 Å². The molecule has 4 N–H and O–H groups in total. The third-order valence-electron chi connectivity index (χ3n) is 5.01. The first-order valence-electron chi connectivity index (χ1n) is 8.09. The van der Waals surface area contributed by atoms with Crippen molar-refractivity contribution in [2.75, 3.05) is 22.9 Å². The molecular formula is C17H25N3O. The number of nitrogens with one attached hydrogen (secondary N) is 2. The minimum atomic E-state index is 0.0821. The third kappa shape index (κ3) is 3.14. The molecule has 0 bridgehead atoms. The van der Waals surface area contributed by atoms with Crippen LogP contribution < -0.4 is 16.4 Å². The van der Waals surface area contributed by atoms with E-state index in [0.29, 0.717) is 6.42 Å². The number of nitrogens with two attached hydrogens (primary N) is 1. The summed E-state index contributed by atoms with van der Waals surface area (Å²) in [5.41, 5.74) is 9.92. The number of carbonyl (C=O) groups excluding carboxylic acids is 1. The molecule has 1 aliphatic heterocycles. The summed E-state index contributed by atoms with van der Waals surface area (Å²) in [6, 6.07) is 4.00. The van der Waals surface area contributed by atoms with E-state index in [1.54, 1.807) is 0 Å². The number of fused-ring (bicyclic) bond motifs is 1. The molecule has 21 heavy (non-hydrogen) atoms. The molecule has 0 saturated heterocycles. The molecule has 0 radical (unpaired) electrons. The first kappa shape index (κ1) is 14.2. The Kier molecular flexibility index (Phi) is 4.04. The lowest BCUT2D eigenvalue weighted by Gasteiger charge is -2.29. The minimum Gasteiger partial charge on any atom is -0.397 e. The van der Waals surface area contributed by atoms with Gasteiger partial charge in [-0.2, -0.15) is 0 Å². The second-order valence-corrected chi connectivity index (χ2v) is 6.55. The molecule has 0 aromatic heterocycles. The Morgan fingerprint density at radius 1 is 1.29 bits per heavy atom. The standard InChI is InChI=1S/C17H25N3O/c1-11-4-2-3-5-13(11)10-19-16-8-12-6-7-17(21)20-15(12)9-14(16)18/h8-9,11,13,19H,2-7,10,18H2,1H3,(H,20,21). The minimum absolute atomic E-state index is 0.0821. The summed E-state index contributed by atoms with van der Waals surface area (Å²) in [5, 5.41) is 6.43. The molecule has 2 unspecified atom stereocenters. The van der Waals surface area contributed by atoms with E-state index < -0.39 is 0 Å². The van der Waals surface area contributed by atoms with Gasteiger partial charge in [0.25, 0.3) is 0 Å². The summed E-state index contributed by atoms with van der Waals surface area (Å²) in [7, 11) is 0. The van der Waals surface area contributed by atoms with E-state index in [4.69, 9.17) is 5.73 Å². The van der Waals surface area contributed by atoms with E-state index in [9.17, 15) is 4.79 Å². The van der Waals surface area contributed by atoms with Crippen molar-refractivity contribution in [2.45, 2.75) is 45.4 Å². The monoisotopic (exact) mass is 287 g/mol. The van der Waals surface area contributed by atoms with Gasteiger partial charge in [0, 0.05) is 18.7 Å². The maximum absolute atomic E-state index is 11.4. The Bertz CT molecular complexity index is 541. The molecule has 2 aliphatic rings. The summed E-state index contributed by atoms with van der Waals surface area (Å²) in [5.74, 6) is 1.62. The Morgan fingerprint density at radius 2 is 2.10 bits per heavy atom. The number of rotatable bonds is 3. The smallest absolute Gasteiger partial charge is 0.224 e. The highest BCUT2D eigenvalue weighted by atomic mass is 16.1. The van der Waals surface area contributed by atoms with Crippen LogP contribution in [0.3, 0.4) is 0 Å². The Balaban J connectivity index is 1.69. The van der Waals surface area contributed by atoms with Crippen molar-refractivity contribution < 1.29 is 4.79 Å². The Hall–Kier alpha value is -1.71. The van der Waals surface area contributed by atoms with Crippen LogP contribution in [0.15, 0.2) is 12.1 Å². The van der Waals surface area contributed by atoms with Crippen LogP contribution in [-0.2, 0) is 11.2 Å². The quantitative estimate of drug-likeness (QED) is 0.746. The predicted octanol–water partition coefficient (Wildman–Crippen LogP) is 3.39. The van der Waals surface area contributed by atoms with E-state index >= 15 is 0 Å². The van der Waals surface area contributed by atoms with E-state index in [0.717, 1.165) is 41.9 Å². The van der Waals surface area contributed by atoms with Gasteiger partial charge in [0.2, 0.25) is 5.91 Å². The number of hydrogen-bond donors (Lipinski definition) is 3. The fourth-order valence-corrected chi connectivity index (χ4v) is 3.54. The molecule has 2 atom stereocenters. The Morgan fingerprint density at radius 3 is 2.90 bits per heavy atom. The zero-order chi connectivity index (χ0) is 14.8. The third-order valence-corrected chi connectivity index (χ3v) is 5.01. The zero-order valence-electron chi connectivity index (χ0n) is 12.7. The highest BCUT2D eigenvalue weighted by Gasteiger charge is 2.22. The number of benzene rings is 1. The highest BCUT2D eigenvalue weighted by Crippen LogP contribution is 2.33. The number of carbonyl (C=O) groups is 1. The molecule has 1 saturated carbocycles. The molecule has 1 amide bonds. The summed E-state index contributed by atoms with van der Waals surface area (Å²) in [6.07, 6.45) is 6.75. The SMILES string of the molecule is CC1CCCCC1CNc1cc2c(cc1N)NC(=O)CC2. The predicted molar refractivity (Wildman–Crippen MR) is 87.4 cm³/mol. The summed E-state index contributed by atoms with van der Waals surface area (Å²) in [4.78, 5) is 11.4. The van der Waals surface area contributed by atoms with Gasteiger partial charge >= 0.3 is 0 Å². The van der Waals surface area contributed by atoms with Gasteiger partial charge in [-0.3, -0.25) is 4.79 Å². The van der Waals surface area contributed by atoms with Crippen molar-refractivity contribution in [3.8, 4) is 0 Å². The van der Waals surface area contributed by atoms with Crippen LogP contribution in [0.5, 0.6) is 0 Å². The summed E-state index contributed by atoms with van der Waals surface area (Å²) >= 11 is 0. The molecule has 1 heterocycles. The first-order valence-corrected chi connectivity index (χ1v) is 8.09. The van der Waals surface area contributed by atoms with Gasteiger partial charge < -0.3 is 16.4 Å². The van der Waals surface area contributed by atoms with E-state index in [-0.39, 0.29) is 5.91 Å². The van der Waals surface area contributed by atoms with Crippen molar-refractivity contribution in [3.05, 3.63) is 17.7 Å². The van der Waals surface area contributed by atoms with Gasteiger partial charge in [0.15, 0.2) is 0 Å². The lowest BCUT2D eigenvalue weighted by Crippen LogP contribution is -2.25. The maximum Gasteiger partial charge on any atom is 0.224 e. The lowest BCUT2D eigenvalue weighted by molar-refractivity contribution is -0.116. The average molecular weight is 287 g/mol. The largest absolute Gasteiger partial charge is 0.397 e. The van der Waals surface area contributed by atoms with Crippen LogP contribution in [0.25, 0.3) is 0 Å². The fourth-order valence-electron chi connectivity index (χ4n) is 3.54. The number of anilines is 3. The van der Waals surface area contributed by atoms with E-state index in [1.807, 2.05) is 6.07 Å². The molecule has 3 rings (SSSR count). The Labute approximate surface area is 126 Å². The van der Waals surface area contributed by atoms with E-state index in [1.165, 1.54) is 31.2 Å². The van der Waals surface area contributed by atoms with Crippen molar-refractivity contribution in [1.82, 2.24) is 0 Å². The normalized spacial score (nSPS) is 25.1. The molecule has 1 fully saturated rings. The average Bonchev–Trinajstić information content (AvgIpc) is 2.46. The van der Waals surface area contributed by atoms with Crippen LogP contribution >= 0.6 is 0 Å². The first-order chi connectivity index (χ1) is 10.1. The molecule has 1 aliphatic carbocycles. The molecule has 4 heteroatoms. The topological polar surface area (TPSA) is 67.2 Å². The summed E-state index contributed by atoms with van der Waals surface area (Å²) in [6.45, 7) is 3.35. The van der Waals surface area contributed by atoms with E-state index in [2.05, 4.69) is 23.6 Å². The van der Waals surface area contributed by atoms with Crippen molar-refractivity contribution in [3.63, 3.8) is 0 Å². The van der Waals surface area contributed by atoms with Crippen LogP contribution in [-0.4, -0.2) is 12.5 Å². The number of aryl methyl sites for hydroxylation is 1. The van der Waals surface area contributed by atoms with Gasteiger partial charge in [-0.15, -0.1) is 0 Å². The van der Waals surface area contributed by atoms with Crippen LogP contribution in [0.4, 0.5) is 17.1 Å². The molecule has 0 spiro atoms. The van der Waals surface area contributed by atoms with Gasteiger partial charge in [0.05, 0.1) is 11.4 Å². The summed E-state index contributed by atoms with van der Waals surface area (Å²) < 4.78 is 0. The molecule has 1 aromatic rings. The molecule has 114 valence electrons. The second kappa shape index (κ2) is 5.96. The molecular weight excluding hydrogens is 262 g/mol. The van der Waals surface area contributed by atoms with Crippen molar-refractivity contribution in [2.24, 2.45) is 11.8 Å². The number of amides is 1. The number of nitrogen functional groups attached to an aromatic ring is 1. The van der Waals surface area contributed by atoms with Gasteiger partial charge in [0.1, 0.15) is 0 Å². The molecule has 1 aromatic carbocycles. The maximum atomic E-state index is 11.4.